The van der Waals surface area contributed by atoms with Gasteiger partial charge in [-0.1, -0.05) is 0 Å². The third-order valence-electron chi connectivity index (χ3n) is 4.24. The van der Waals surface area contributed by atoms with Crippen LogP contribution in [-0.2, 0) is 4.79 Å². The molecule has 0 aliphatic carbocycles. The highest BCUT2D eigenvalue weighted by Gasteiger charge is 2.27. The number of aromatic hydroxyl groups is 1. The minimum absolute atomic E-state index is 0.121. The second kappa shape index (κ2) is 7.35. The molecule has 6 heteroatoms. The number of aryl methyl sites for hydroxylation is 1. The van der Waals surface area contributed by atoms with Gasteiger partial charge >= 0.3 is 5.97 Å². The smallest absolute Gasteiger partial charge is 0.303 e. The van der Waals surface area contributed by atoms with Gasteiger partial charge in [-0.05, 0) is 49.8 Å². The van der Waals surface area contributed by atoms with E-state index in [-0.39, 0.29) is 35.3 Å². The van der Waals surface area contributed by atoms with Gasteiger partial charge in [0, 0.05) is 19.5 Å². The lowest BCUT2D eigenvalue weighted by molar-refractivity contribution is -0.137. The molecule has 0 bridgehead atoms. The number of phenolic OH excluding ortho intramolecular Hbond substituents is 1. The number of carbonyl (C=O) groups is 2. The van der Waals surface area contributed by atoms with Gasteiger partial charge in [-0.3, -0.25) is 9.59 Å². The summed E-state index contributed by atoms with van der Waals surface area (Å²) in [5, 5.41) is 19.0. The number of benzene rings is 1. The van der Waals surface area contributed by atoms with Crippen molar-refractivity contribution in [1.29, 1.82) is 0 Å². The Hall–Kier alpha value is -2.24. The molecule has 1 atom stereocenters. The summed E-state index contributed by atoms with van der Waals surface area (Å²) in [5.74, 6) is -0.708. The molecule has 2 N–H and O–H groups in total. The first kappa shape index (κ1) is 17.1. The maximum absolute atomic E-state index is 12.7. The SMILES string of the molecule is COc1cc(C)cc(C(=O)N2CCCC(CCC(=O)O)C2)c1O. The predicted octanol–water partition coefficient (Wildman–Crippen LogP) is 2.43. The van der Waals surface area contributed by atoms with Gasteiger partial charge in [-0.25, -0.2) is 0 Å². The van der Waals surface area contributed by atoms with Gasteiger partial charge in [-0.15, -0.1) is 0 Å². The molecule has 1 amide bonds. The minimum Gasteiger partial charge on any atom is -0.504 e. The van der Waals surface area contributed by atoms with E-state index in [2.05, 4.69) is 0 Å². The zero-order valence-electron chi connectivity index (χ0n) is 13.5. The molecule has 1 unspecified atom stereocenters. The van der Waals surface area contributed by atoms with E-state index in [0.29, 0.717) is 19.5 Å². The number of carboxylic acids is 1. The Labute approximate surface area is 135 Å². The monoisotopic (exact) mass is 321 g/mol. The van der Waals surface area contributed by atoms with Crippen molar-refractivity contribution in [2.45, 2.75) is 32.6 Å². The van der Waals surface area contributed by atoms with E-state index in [1.807, 2.05) is 6.92 Å². The molecular formula is C17H23NO5. The predicted molar refractivity (Wildman–Crippen MR) is 84.9 cm³/mol. The van der Waals surface area contributed by atoms with Crippen LogP contribution in [0.15, 0.2) is 12.1 Å². The summed E-state index contributed by atoms with van der Waals surface area (Å²) >= 11 is 0. The molecule has 0 radical (unpaired) electrons. The Morgan fingerprint density at radius 1 is 1.39 bits per heavy atom. The topological polar surface area (TPSA) is 87.1 Å². The Morgan fingerprint density at radius 2 is 2.13 bits per heavy atom. The van der Waals surface area contributed by atoms with Crippen molar-refractivity contribution in [3.05, 3.63) is 23.3 Å². The maximum Gasteiger partial charge on any atom is 0.303 e. The quantitative estimate of drug-likeness (QED) is 0.869. The third-order valence-corrected chi connectivity index (χ3v) is 4.24. The van der Waals surface area contributed by atoms with Crippen LogP contribution >= 0.6 is 0 Å². The van der Waals surface area contributed by atoms with Crippen LogP contribution in [0.25, 0.3) is 0 Å². The highest BCUT2D eigenvalue weighted by atomic mass is 16.5. The van der Waals surface area contributed by atoms with Crippen LogP contribution in [0.4, 0.5) is 0 Å². The van der Waals surface area contributed by atoms with E-state index in [1.54, 1.807) is 17.0 Å². The van der Waals surface area contributed by atoms with Crippen LogP contribution in [0.1, 0.15) is 41.6 Å². The number of phenols is 1. The van der Waals surface area contributed by atoms with Crippen molar-refractivity contribution in [3.63, 3.8) is 0 Å². The number of hydrogen-bond donors (Lipinski definition) is 2. The molecule has 0 spiro atoms. The summed E-state index contributed by atoms with van der Waals surface area (Å²) in [7, 11) is 1.45. The molecule has 0 aromatic heterocycles. The first-order valence-corrected chi connectivity index (χ1v) is 7.81. The number of carboxylic acid groups (broad SMARTS) is 1. The Bertz CT molecular complexity index is 599. The Balaban J connectivity index is 2.13. The molecule has 6 nitrogen and oxygen atoms in total. The van der Waals surface area contributed by atoms with Gasteiger partial charge < -0.3 is 19.8 Å². The van der Waals surface area contributed by atoms with Crippen molar-refractivity contribution >= 4 is 11.9 Å². The van der Waals surface area contributed by atoms with E-state index >= 15 is 0 Å². The van der Waals surface area contributed by atoms with Crippen molar-refractivity contribution in [3.8, 4) is 11.5 Å². The highest BCUT2D eigenvalue weighted by molar-refractivity contribution is 5.98. The normalized spacial score (nSPS) is 17.8. The van der Waals surface area contributed by atoms with Gasteiger partial charge in [0.25, 0.3) is 5.91 Å². The number of amides is 1. The van der Waals surface area contributed by atoms with Gasteiger partial charge in [0.1, 0.15) is 0 Å². The number of carbonyl (C=O) groups excluding carboxylic acids is 1. The highest BCUT2D eigenvalue weighted by Crippen LogP contribution is 2.33. The molecule has 2 rings (SSSR count). The summed E-state index contributed by atoms with van der Waals surface area (Å²) in [6, 6.07) is 3.33. The van der Waals surface area contributed by atoms with E-state index < -0.39 is 5.97 Å². The third kappa shape index (κ3) is 4.15. The summed E-state index contributed by atoms with van der Waals surface area (Å²) in [4.78, 5) is 25.1. The van der Waals surface area contributed by atoms with Crippen LogP contribution in [0, 0.1) is 12.8 Å². The van der Waals surface area contributed by atoms with E-state index in [9.17, 15) is 14.7 Å². The Morgan fingerprint density at radius 3 is 2.78 bits per heavy atom. The Kier molecular flexibility index (Phi) is 5.47. The molecule has 1 saturated heterocycles. The molecule has 0 saturated carbocycles. The van der Waals surface area contributed by atoms with Crippen LogP contribution in [-0.4, -0.2) is 47.2 Å². The van der Waals surface area contributed by atoms with E-state index in [1.165, 1.54) is 7.11 Å². The summed E-state index contributed by atoms with van der Waals surface area (Å²) in [6.07, 6.45) is 2.47. The molecule has 1 fully saturated rings. The van der Waals surface area contributed by atoms with Crippen LogP contribution in [0.5, 0.6) is 11.5 Å². The van der Waals surface area contributed by atoms with Gasteiger partial charge in [-0.2, -0.15) is 0 Å². The van der Waals surface area contributed by atoms with Crippen molar-refractivity contribution in [1.82, 2.24) is 4.90 Å². The fourth-order valence-corrected chi connectivity index (χ4v) is 3.05. The minimum atomic E-state index is -0.811. The zero-order chi connectivity index (χ0) is 17.0. The number of nitrogens with zero attached hydrogens (tertiary/aromatic N) is 1. The second-order valence-corrected chi connectivity index (χ2v) is 6.06. The standard InChI is InChI=1S/C17H23NO5/c1-11-8-13(16(21)14(9-11)23-2)17(22)18-7-3-4-12(10-18)5-6-15(19)20/h8-9,12,21H,3-7,10H2,1-2H3,(H,19,20). The van der Waals surface area contributed by atoms with Crippen LogP contribution < -0.4 is 4.74 Å². The van der Waals surface area contributed by atoms with Crippen molar-refractivity contribution in [2.75, 3.05) is 20.2 Å². The average molecular weight is 321 g/mol. The molecular weight excluding hydrogens is 298 g/mol. The van der Waals surface area contributed by atoms with Gasteiger partial charge in [0.15, 0.2) is 11.5 Å². The lowest BCUT2D eigenvalue weighted by Gasteiger charge is -2.33. The second-order valence-electron chi connectivity index (χ2n) is 6.06. The lowest BCUT2D eigenvalue weighted by Crippen LogP contribution is -2.40. The number of piperidine rings is 1. The molecule has 1 heterocycles. The van der Waals surface area contributed by atoms with Gasteiger partial charge in [0.05, 0.1) is 12.7 Å². The number of rotatable bonds is 5. The molecule has 126 valence electrons. The lowest BCUT2D eigenvalue weighted by atomic mass is 9.93. The first-order valence-electron chi connectivity index (χ1n) is 7.81. The summed E-state index contributed by atoms with van der Waals surface area (Å²) in [5.41, 5.74) is 1.07. The summed E-state index contributed by atoms with van der Waals surface area (Å²) in [6.45, 7) is 2.99. The van der Waals surface area contributed by atoms with E-state index in [4.69, 9.17) is 9.84 Å². The summed E-state index contributed by atoms with van der Waals surface area (Å²) < 4.78 is 5.10. The fourth-order valence-electron chi connectivity index (χ4n) is 3.05. The number of likely N-dealkylation sites (tertiary alicyclic amines) is 1. The molecule has 1 aliphatic heterocycles. The molecule has 1 aromatic carbocycles. The fraction of sp³-hybridized carbons (Fsp3) is 0.529. The zero-order valence-corrected chi connectivity index (χ0v) is 13.5. The van der Waals surface area contributed by atoms with Crippen LogP contribution in [0.2, 0.25) is 0 Å². The molecule has 1 aromatic rings. The molecule has 23 heavy (non-hydrogen) atoms. The number of hydrogen-bond acceptors (Lipinski definition) is 4. The maximum atomic E-state index is 12.7. The van der Waals surface area contributed by atoms with Crippen molar-refractivity contribution in [2.24, 2.45) is 5.92 Å². The number of methoxy groups -OCH3 is 1. The molecule has 1 aliphatic rings. The largest absolute Gasteiger partial charge is 0.504 e. The van der Waals surface area contributed by atoms with Crippen molar-refractivity contribution < 1.29 is 24.5 Å². The van der Waals surface area contributed by atoms with E-state index in [0.717, 1.165) is 18.4 Å². The average Bonchev–Trinajstić information content (AvgIpc) is 2.54. The van der Waals surface area contributed by atoms with Gasteiger partial charge in [0.2, 0.25) is 0 Å². The first-order chi connectivity index (χ1) is 10.9. The number of ether oxygens (including phenoxy) is 1. The van der Waals surface area contributed by atoms with Crippen LogP contribution in [0.3, 0.4) is 0 Å². The number of aliphatic carboxylic acids is 1.